The highest BCUT2D eigenvalue weighted by Gasteiger charge is 2.21. The summed E-state index contributed by atoms with van der Waals surface area (Å²) in [5.74, 6) is 1.75. The van der Waals surface area contributed by atoms with Crippen molar-refractivity contribution in [3.05, 3.63) is 53.9 Å². The molecule has 4 heterocycles. The quantitative estimate of drug-likeness (QED) is 0.375. The number of aromatic amines is 1. The number of H-pyrrole nitrogens is 1. The van der Waals surface area contributed by atoms with Crippen LogP contribution in [0.5, 0.6) is 0 Å². The van der Waals surface area contributed by atoms with Gasteiger partial charge >= 0.3 is 0 Å². The van der Waals surface area contributed by atoms with Crippen molar-refractivity contribution < 1.29 is 0 Å². The van der Waals surface area contributed by atoms with Crippen LogP contribution in [0.25, 0.3) is 10.6 Å². The molecule has 0 bridgehead atoms. The van der Waals surface area contributed by atoms with Gasteiger partial charge in [0.25, 0.3) is 0 Å². The minimum Gasteiger partial charge on any atom is -0.338 e. The number of hydrogen-bond donors (Lipinski definition) is 2. The normalized spacial score (nSPS) is 14.1. The fraction of sp³-hybridized carbons (Fsp3) is 0.261. The summed E-state index contributed by atoms with van der Waals surface area (Å²) in [6, 6.07) is 18.3. The highest BCUT2D eigenvalue weighted by Crippen LogP contribution is 2.29. The van der Waals surface area contributed by atoms with Crippen molar-refractivity contribution in [3.8, 4) is 16.6 Å². The van der Waals surface area contributed by atoms with Crippen molar-refractivity contribution >= 4 is 40.8 Å². The number of thiophene rings is 1. The number of rotatable bonds is 8. The maximum Gasteiger partial charge on any atom is 0.234 e. The maximum absolute atomic E-state index is 8.86. The molecule has 1 aliphatic rings. The molecule has 0 unspecified atom stereocenters. The van der Waals surface area contributed by atoms with Crippen molar-refractivity contribution in [2.75, 3.05) is 42.9 Å². The summed E-state index contributed by atoms with van der Waals surface area (Å²) >= 11 is 3.16. The van der Waals surface area contributed by atoms with Gasteiger partial charge in [-0.1, -0.05) is 24.3 Å². The summed E-state index contributed by atoms with van der Waals surface area (Å²) in [6.45, 7) is 4.15. The number of nitrogens with zero attached hydrogens (tertiary/aromatic N) is 7. The standard InChI is InChI=1S/C23H23N9S2/c24-9-5-10-31-11-13-32(14-12-31)22-26-21(27-23(28-22)34-17-6-2-1-3-7-17)25-20-16-18(29-30-20)19-8-4-15-33-19/h1-4,6-8,15-16H,5,10-14H2,(H2,25,26,27,28,29,30). The lowest BCUT2D eigenvalue weighted by atomic mass is 10.3. The van der Waals surface area contributed by atoms with Crippen LogP contribution in [-0.2, 0) is 0 Å². The van der Waals surface area contributed by atoms with Crippen molar-refractivity contribution in [1.29, 1.82) is 5.26 Å². The average Bonchev–Trinajstić information content (AvgIpc) is 3.56. The fourth-order valence-corrected chi connectivity index (χ4v) is 5.08. The Balaban J connectivity index is 1.37. The summed E-state index contributed by atoms with van der Waals surface area (Å²) in [5, 5.41) is 22.2. The van der Waals surface area contributed by atoms with Gasteiger partial charge in [-0.2, -0.15) is 25.3 Å². The Morgan fingerprint density at radius 1 is 1.06 bits per heavy atom. The topological polar surface area (TPSA) is 110 Å². The first kappa shape index (κ1) is 22.3. The lowest BCUT2D eigenvalue weighted by Gasteiger charge is -2.34. The highest BCUT2D eigenvalue weighted by atomic mass is 32.2. The van der Waals surface area contributed by atoms with Gasteiger partial charge in [0.1, 0.15) is 0 Å². The van der Waals surface area contributed by atoms with Crippen LogP contribution < -0.4 is 10.2 Å². The second kappa shape index (κ2) is 10.6. The summed E-state index contributed by atoms with van der Waals surface area (Å²) in [6.07, 6.45) is 0.550. The van der Waals surface area contributed by atoms with Crippen molar-refractivity contribution in [3.63, 3.8) is 0 Å². The first-order chi connectivity index (χ1) is 16.8. The molecular formula is C23H23N9S2. The van der Waals surface area contributed by atoms with Crippen LogP contribution in [0, 0.1) is 11.3 Å². The molecule has 1 fully saturated rings. The minimum atomic E-state index is 0.458. The fourth-order valence-electron chi connectivity index (χ4n) is 3.62. The van der Waals surface area contributed by atoms with Gasteiger partial charge in [-0.05, 0) is 35.3 Å². The van der Waals surface area contributed by atoms with Crippen molar-refractivity contribution in [1.82, 2.24) is 30.0 Å². The summed E-state index contributed by atoms with van der Waals surface area (Å²) in [4.78, 5) is 20.8. The van der Waals surface area contributed by atoms with Gasteiger partial charge in [-0.15, -0.1) is 11.3 Å². The van der Waals surface area contributed by atoms with Gasteiger partial charge in [0.15, 0.2) is 11.0 Å². The molecule has 1 aliphatic heterocycles. The third-order valence-corrected chi connectivity index (χ3v) is 7.13. The minimum absolute atomic E-state index is 0.458. The predicted molar refractivity (Wildman–Crippen MR) is 134 cm³/mol. The van der Waals surface area contributed by atoms with E-state index in [4.69, 9.17) is 15.2 Å². The molecule has 3 aromatic heterocycles. The second-order valence-electron chi connectivity index (χ2n) is 7.66. The largest absolute Gasteiger partial charge is 0.338 e. The van der Waals surface area contributed by atoms with E-state index in [-0.39, 0.29) is 0 Å². The van der Waals surface area contributed by atoms with Crippen LogP contribution in [-0.4, -0.2) is 62.8 Å². The Morgan fingerprint density at radius 2 is 1.91 bits per heavy atom. The molecule has 0 aliphatic carbocycles. The van der Waals surface area contributed by atoms with E-state index in [0.29, 0.717) is 29.3 Å². The molecule has 9 nitrogen and oxygen atoms in total. The van der Waals surface area contributed by atoms with Crippen molar-refractivity contribution in [2.45, 2.75) is 16.5 Å². The molecule has 0 spiro atoms. The van der Waals surface area contributed by atoms with E-state index < -0.39 is 0 Å². The maximum atomic E-state index is 8.86. The van der Waals surface area contributed by atoms with Crippen molar-refractivity contribution in [2.24, 2.45) is 0 Å². The lowest BCUT2D eigenvalue weighted by Crippen LogP contribution is -2.47. The van der Waals surface area contributed by atoms with Crippen LogP contribution in [0.1, 0.15) is 6.42 Å². The zero-order chi connectivity index (χ0) is 23.2. The van der Waals surface area contributed by atoms with Gasteiger partial charge in [0, 0.05) is 50.1 Å². The van der Waals surface area contributed by atoms with Crippen LogP contribution in [0.2, 0.25) is 0 Å². The highest BCUT2D eigenvalue weighted by molar-refractivity contribution is 7.99. The van der Waals surface area contributed by atoms with Gasteiger partial charge in [0.2, 0.25) is 11.9 Å². The number of aromatic nitrogens is 5. The SMILES string of the molecule is N#CCCN1CCN(c2nc(Nc3cc(-c4cccs4)[nH]n3)nc(Sc3ccccc3)n2)CC1. The number of hydrogen-bond acceptors (Lipinski definition) is 10. The molecule has 172 valence electrons. The Morgan fingerprint density at radius 3 is 2.68 bits per heavy atom. The zero-order valence-electron chi connectivity index (χ0n) is 18.4. The molecule has 34 heavy (non-hydrogen) atoms. The van der Waals surface area contributed by atoms with Crippen LogP contribution >= 0.6 is 23.1 Å². The van der Waals surface area contributed by atoms with E-state index in [1.807, 2.05) is 53.9 Å². The van der Waals surface area contributed by atoms with Crippen LogP contribution in [0.4, 0.5) is 17.7 Å². The Labute approximate surface area is 205 Å². The first-order valence-corrected chi connectivity index (χ1v) is 12.7. The Kier molecular flexibility index (Phi) is 6.99. The molecule has 11 heteroatoms. The van der Waals surface area contributed by atoms with Crippen LogP contribution in [0.15, 0.2) is 64.0 Å². The van der Waals surface area contributed by atoms with E-state index in [2.05, 4.69) is 36.4 Å². The number of benzene rings is 1. The number of anilines is 3. The lowest BCUT2D eigenvalue weighted by molar-refractivity contribution is 0.262. The van der Waals surface area contributed by atoms with E-state index >= 15 is 0 Å². The number of nitriles is 1. The molecular weight excluding hydrogens is 466 g/mol. The van der Waals surface area contributed by atoms with Gasteiger partial charge < -0.3 is 10.2 Å². The predicted octanol–water partition coefficient (Wildman–Crippen LogP) is 4.25. The molecule has 0 atom stereocenters. The molecule has 4 aromatic rings. The average molecular weight is 490 g/mol. The monoisotopic (exact) mass is 489 g/mol. The van der Waals surface area contributed by atoms with Gasteiger partial charge in [0.05, 0.1) is 16.6 Å². The zero-order valence-corrected chi connectivity index (χ0v) is 20.0. The van der Waals surface area contributed by atoms with E-state index in [1.54, 1.807) is 11.3 Å². The third-order valence-electron chi connectivity index (χ3n) is 5.35. The molecule has 0 radical (unpaired) electrons. The summed E-state index contributed by atoms with van der Waals surface area (Å²) in [7, 11) is 0. The smallest absolute Gasteiger partial charge is 0.234 e. The molecule has 0 amide bonds. The van der Waals surface area contributed by atoms with E-state index in [1.165, 1.54) is 11.8 Å². The van der Waals surface area contributed by atoms with E-state index in [0.717, 1.165) is 48.2 Å². The number of piperazine rings is 1. The molecule has 1 aromatic carbocycles. The van der Waals surface area contributed by atoms with Gasteiger partial charge in [-0.25, -0.2) is 0 Å². The molecule has 2 N–H and O–H groups in total. The Bertz CT molecular complexity index is 1240. The van der Waals surface area contributed by atoms with Crippen LogP contribution in [0.3, 0.4) is 0 Å². The first-order valence-electron chi connectivity index (χ1n) is 11.0. The molecule has 5 rings (SSSR count). The summed E-state index contributed by atoms with van der Waals surface area (Å²) < 4.78 is 0. The second-order valence-corrected chi connectivity index (χ2v) is 9.65. The number of nitrogens with one attached hydrogen (secondary N) is 2. The molecule has 0 saturated carbocycles. The van der Waals surface area contributed by atoms with Gasteiger partial charge in [-0.3, -0.25) is 10.00 Å². The van der Waals surface area contributed by atoms with E-state index in [9.17, 15) is 0 Å². The summed E-state index contributed by atoms with van der Waals surface area (Å²) in [5.41, 5.74) is 0.944. The molecule has 1 saturated heterocycles. The third kappa shape index (κ3) is 5.53. The Hall–Kier alpha value is -3.46.